The first-order chi connectivity index (χ1) is 11.2. The van der Waals surface area contributed by atoms with Gasteiger partial charge in [-0.15, -0.1) is 0 Å². The van der Waals surface area contributed by atoms with Gasteiger partial charge in [0.25, 0.3) is 0 Å². The van der Waals surface area contributed by atoms with Crippen molar-refractivity contribution in [3.8, 4) is 5.75 Å². The van der Waals surface area contributed by atoms with Gasteiger partial charge in [-0.2, -0.15) is 0 Å². The normalized spacial score (nSPS) is 23.5. The second kappa shape index (κ2) is 5.70. The summed E-state index contributed by atoms with van der Waals surface area (Å²) in [5, 5.41) is 0. The van der Waals surface area contributed by atoms with E-state index in [1.807, 2.05) is 24.4 Å². The zero-order valence-electron chi connectivity index (χ0n) is 13.1. The Kier molecular flexibility index (Phi) is 3.54. The van der Waals surface area contributed by atoms with Gasteiger partial charge in [-0.1, -0.05) is 12.6 Å². The van der Waals surface area contributed by atoms with E-state index in [9.17, 15) is 0 Å². The van der Waals surface area contributed by atoms with Crippen molar-refractivity contribution in [1.29, 1.82) is 0 Å². The molecule has 0 radical (unpaired) electrons. The van der Waals surface area contributed by atoms with Crippen LogP contribution in [0, 0.1) is 0 Å². The highest BCUT2D eigenvalue weighted by atomic mass is 16.5. The summed E-state index contributed by atoms with van der Waals surface area (Å²) in [4.78, 5) is 6.89. The van der Waals surface area contributed by atoms with Crippen molar-refractivity contribution in [3.05, 3.63) is 60.4 Å². The Balaban J connectivity index is 1.71. The van der Waals surface area contributed by atoms with Crippen LogP contribution >= 0.6 is 0 Å². The highest BCUT2D eigenvalue weighted by Crippen LogP contribution is 2.39. The monoisotopic (exact) mass is 307 g/mol. The molecule has 0 aliphatic carbocycles. The number of anilines is 1. The van der Waals surface area contributed by atoms with Crippen LogP contribution in [0.25, 0.3) is 5.57 Å². The molecule has 23 heavy (non-hydrogen) atoms. The average molecular weight is 307 g/mol. The third-order valence-corrected chi connectivity index (χ3v) is 4.70. The number of benzene rings is 1. The summed E-state index contributed by atoms with van der Waals surface area (Å²) in [6.45, 7) is 5.74. The molecule has 2 aromatic rings. The fraction of sp³-hybridized carbons (Fsp3) is 0.316. The number of pyridine rings is 1. The summed E-state index contributed by atoms with van der Waals surface area (Å²) in [6, 6.07) is 12.8. The van der Waals surface area contributed by atoms with E-state index in [2.05, 4.69) is 34.7 Å². The lowest BCUT2D eigenvalue weighted by Gasteiger charge is -2.28. The van der Waals surface area contributed by atoms with E-state index < -0.39 is 0 Å². The molecule has 4 heteroatoms. The third kappa shape index (κ3) is 2.59. The zero-order valence-corrected chi connectivity index (χ0v) is 13.1. The number of rotatable bonds is 2. The van der Waals surface area contributed by atoms with Crippen LogP contribution < -0.4 is 15.4 Å². The van der Waals surface area contributed by atoms with Gasteiger partial charge in [-0.05, 0) is 42.3 Å². The van der Waals surface area contributed by atoms with Crippen molar-refractivity contribution in [3.63, 3.8) is 0 Å². The Labute approximate surface area is 136 Å². The first-order valence-corrected chi connectivity index (χ1v) is 8.10. The number of hydrogen-bond acceptors (Lipinski definition) is 4. The van der Waals surface area contributed by atoms with Gasteiger partial charge in [-0.3, -0.25) is 4.98 Å². The van der Waals surface area contributed by atoms with Crippen LogP contribution in [-0.2, 0) is 0 Å². The van der Waals surface area contributed by atoms with Gasteiger partial charge in [0, 0.05) is 36.5 Å². The Hall–Kier alpha value is -2.33. The lowest BCUT2D eigenvalue weighted by Crippen LogP contribution is -2.27. The molecule has 4 nitrogen and oxygen atoms in total. The molecule has 2 aliphatic rings. The minimum atomic E-state index is 0.164. The molecule has 2 aliphatic heterocycles. The van der Waals surface area contributed by atoms with Crippen LogP contribution in [0.3, 0.4) is 0 Å². The van der Waals surface area contributed by atoms with Gasteiger partial charge < -0.3 is 15.4 Å². The van der Waals surface area contributed by atoms with E-state index in [-0.39, 0.29) is 12.1 Å². The first kappa shape index (κ1) is 14.3. The average Bonchev–Trinajstić information content (AvgIpc) is 2.98. The fourth-order valence-electron chi connectivity index (χ4n) is 3.52. The second-order valence-corrected chi connectivity index (χ2v) is 6.30. The molecule has 0 amide bonds. The largest absolute Gasteiger partial charge is 0.493 e. The molecular formula is C19H21N3O. The Morgan fingerprint density at radius 1 is 1.26 bits per heavy atom. The fourth-order valence-corrected chi connectivity index (χ4v) is 3.52. The zero-order chi connectivity index (χ0) is 15.8. The first-order valence-electron chi connectivity index (χ1n) is 8.10. The molecule has 1 unspecified atom stereocenters. The molecule has 2 atom stereocenters. The molecule has 0 bridgehead atoms. The Morgan fingerprint density at radius 2 is 2.17 bits per heavy atom. The summed E-state index contributed by atoms with van der Waals surface area (Å²) in [5.41, 5.74) is 10.8. The van der Waals surface area contributed by atoms with Crippen LogP contribution in [0.4, 0.5) is 5.69 Å². The maximum atomic E-state index is 6.24. The highest BCUT2D eigenvalue weighted by Gasteiger charge is 2.32. The number of aromatic nitrogens is 1. The maximum Gasteiger partial charge on any atom is 0.126 e. The Morgan fingerprint density at radius 3 is 3.00 bits per heavy atom. The molecule has 4 rings (SSSR count). The molecular weight excluding hydrogens is 286 g/mol. The quantitative estimate of drug-likeness (QED) is 0.926. The van der Waals surface area contributed by atoms with E-state index in [4.69, 9.17) is 10.5 Å². The summed E-state index contributed by atoms with van der Waals surface area (Å²) < 4.78 is 5.73. The van der Waals surface area contributed by atoms with Gasteiger partial charge in [0.1, 0.15) is 5.75 Å². The summed E-state index contributed by atoms with van der Waals surface area (Å²) in [5.74, 6) is 0.933. The van der Waals surface area contributed by atoms with Crippen LogP contribution in [0.1, 0.15) is 30.1 Å². The highest BCUT2D eigenvalue weighted by molar-refractivity contribution is 5.74. The second-order valence-electron chi connectivity index (χ2n) is 6.30. The van der Waals surface area contributed by atoms with Crippen molar-refractivity contribution in [2.75, 3.05) is 18.1 Å². The summed E-state index contributed by atoms with van der Waals surface area (Å²) in [7, 11) is 0. The van der Waals surface area contributed by atoms with Crippen LogP contribution in [0.2, 0.25) is 0 Å². The molecule has 1 saturated heterocycles. The predicted molar refractivity (Wildman–Crippen MR) is 92.5 cm³/mol. The number of fused-ring (bicyclic) bond motifs is 1. The lowest BCUT2D eigenvalue weighted by atomic mass is 10.00. The van der Waals surface area contributed by atoms with E-state index >= 15 is 0 Å². The molecule has 118 valence electrons. The van der Waals surface area contributed by atoms with E-state index in [1.54, 1.807) is 0 Å². The molecule has 0 spiro atoms. The SMILES string of the molecule is C=C1CCOc2ccc(N3CC(N)C[C@@H]3c3ccccn3)cc21. The van der Waals surface area contributed by atoms with Crippen LogP contribution in [0.15, 0.2) is 49.2 Å². The van der Waals surface area contributed by atoms with Crippen molar-refractivity contribution < 1.29 is 4.74 Å². The van der Waals surface area contributed by atoms with E-state index in [0.717, 1.165) is 48.6 Å². The summed E-state index contributed by atoms with van der Waals surface area (Å²) >= 11 is 0. The molecule has 1 aromatic heterocycles. The van der Waals surface area contributed by atoms with Crippen molar-refractivity contribution in [1.82, 2.24) is 4.98 Å². The van der Waals surface area contributed by atoms with E-state index in [0.29, 0.717) is 0 Å². The lowest BCUT2D eigenvalue weighted by molar-refractivity contribution is 0.316. The minimum Gasteiger partial charge on any atom is -0.493 e. The molecule has 0 saturated carbocycles. The van der Waals surface area contributed by atoms with Crippen LogP contribution in [0.5, 0.6) is 5.75 Å². The van der Waals surface area contributed by atoms with Gasteiger partial charge in [-0.25, -0.2) is 0 Å². The van der Waals surface area contributed by atoms with Crippen LogP contribution in [-0.4, -0.2) is 24.2 Å². The van der Waals surface area contributed by atoms with E-state index in [1.165, 1.54) is 5.69 Å². The molecule has 1 fully saturated rings. The Bertz CT molecular complexity index is 729. The summed E-state index contributed by atoms with van der Waals surface area (Å²) in [6.07, 6.45) is 3.66. The van der Waals surface area contributed by atoms with Gasteiger partial charge in [0.15, 0.2) is 0 Å². The van der Waals surface area contributed by atoms with Gasteiger partial charge in [0.2, 0.25) is 0 Å². The topological polar surface area (TPSA) is 51.4 Å². The van der Waals surface area contributed by atoms with Gasteiger partial charge in [0.05, 0.1) is 18.3 Å². The molecule has 2 N–H and O–H groups in total. The maximum absolute atomic E-state index is 6.24. The number of ether oxygens (including phenoxy) is 1. The minimum absolute atomic E-state index is 0.164. The van der Waals surface area contributed by atoms with Crippen molar-refractivity contribution >= 4 is 11.3 Å². The van der Waals surface area contributed by atoms with Crippen molar-refractivity contribution in [2.45, 2.75) is 24.9 Å². The predicted octanol–water partition coefficient (Wildman–Crippen LogP) is 3.16. The standard InChI is InChI=1S/C19H21N3O/c1-13-7-9-23-19-6-5-15(11-16(13)19)22-12-14(20)10-18(22)17-4-2-3-8-21-17/h2-6,8,11,14,18H,1,7,9-10,12,20H2/t14?,18-/m1/s1. The third-order valence-electron chi connectivity index (χ3n) is 4.70. The molecule has 1 aromatic carbocycles. The number of nitrogens with zero attached hydrogens (tertiary/aromatic N) is 2. The molecule has 3 heterocycles. The number of nitrogens with two attached hydrogens (primary N) is 1. The smallest absolute Gasteiger partial charge is 0.126 e. The number of hydrogen-bond donors (Lipinski definition) is 1. The van der Waals surface area contributed by atoms with Gasteiger partial charge >= 0.3 is 0 Å². The van der Waals surface area contributed by atoms with Crippen molar-refractivity contribution in [2.24, 2.45) is 5.73 Å².